The Balaban J connectivity index is 2.10. The normalized spacial score (nSPS) is 20.9. The van der Waals surface area contributed by atoms with Crippen LogP contribution in [0.3, 0.4) is 0 Å². The number of rotatable bonds is 3. The lowest BCUT2D eigenvalue weighted by molar-refractivity contribution is 0.396. The van der Waals surface area contributed by atoms with Gasteiger partial charge in [0.15, 0.2) is 11.5 Å². The number of hydrogen-bond donors (Lipinski definition) is 2. The molecule has 0 radical (unpaired) electrons. The molecule has 0 aliphatic carbocycles. The molecule has 0 bridgehead atoms. The Labute approximate surface area is 144 Å². The van der Waals surface area contributed by atoms with Crippen LogP contribution in [0.25, 0.3) is 0 Å². The number of hydrogen-bond acceptors (Lipinski definition) is 6. The molecule has 6 nitrogen and oxygen atoms in total. The molecule has 0 amide bonds. The van der Waals surface area contributed by atoms with Gasteiger partial charge in [0.2, 0.25) is 0 Å². The van der Waals surface area contributed by atoms with Crippen molar-refractivity contribution in [2.75, 3.05) is 27.7 Å². The van der Waals surface area contributed by atoms with E-state index in [0.29, 0.717) is 19.4 Å². The first-order valence-electron chi connectivity index (χ1n) is 8.31. The number of aliphatic imine (C=N–C) groups is 2. The van der Waals surface area contributed by atoms with Gasteiger partial charge in [-0.3, -0.25) is 9.98 Å². The van der Waals surface area contributed by atoms with E-state index in [-0.39, 0.29) is 23.6 Å². The molecule has 2 atom stereocenters. The minimum atomic E-state index is -0.0774. The van der Waals surface area contributed by atoms with Crippen molar-refractivity contribution in [3.63, 3.8) is 0 Å². The Hall–Kier alpha value is -2.24. The largest absolute Gasteiger partial charge is 0.504 e. The summed E-state index contributed by atoms with van der Waals surface area (Å²) >= 11 is 0. The Bertz CT molecular complexity index is 640. The summed E-state index contributed by atoms with van der Waals surface area (Å²) in [4.78, 5) is 13.7. The lowest BCUT2D eigenvalue weighted by Crippen LogP contribution is -2.34. The van der Waals surface area contributed by atoms with E-state index in [9.17, 15) is 10.2 Å². The standard InChI is InChI=1S/C18H28N4O2/c1-12-13(2)20-17(11-16(19-12)21(3)4)22(5)10-9-14-7-6-8-15(23)18(14)24/h6-8,12-13,23-24H,9-11H2,1-5H3. The van der Waals surface area contributed by atoms with Gasteiger partial charge in [-0.15, -0.1) is 0 Å². The number of benzene rings is 1. The van der Waals surface area contributed by atoms with E-state index >= 15 is 0 Å². The number of phenolic OH excluding ortho intramolecular Hbond substituents is 2. The first-order chi connectivity index (χ1) is 11.3. The molecule has 1 aromatic rings. The highest BCUT2D eigenvalue weighted by Crippen LogP contribution is 2.28. The second-order valence-electron chi connectivity index (χ2n) is 6.60. The van der Waals surface area contributed by atoms with Gasteiger partial charge in [0.25, 0.3) is 0 Å². The molecule has 2 unspecified atom stereocenters. The van der Waals surface area contributed by atoms with E-state index in [0.717, 1.165) is 17.2 Å². The van der Waals surface area contributed by atoms with Gasteiger partial charge in [0, 0.05) is 27.7 Å². The van der Waals surface area contributed by atoms with Crippen molar-refractivity contribution in [3.8, 4) is 11.5 Å². The fourth-order valence-electron chi connectivity index (χ4n) is 2.62. The maximum atomic E-state index is 9.93. The van der Waals surface area contributed by atoms with Gasteiger partial charge in [-0.1, -0.05) is 12.1 Å². The lowest BCUT2D eigenvalue weighted by atomic mass is 10.1. The second kappa shape index (κ2) is 7.55. The van der Waals surface area contributed by atoms with E-state index in [4.69, 9.17) is 9.98 Å². The summed E-state index contributed by atoms with van der Waals surface area (Å²) in [5.74, 6) is 1.91. The van der Waals surface area contributed by atoms with Crippen molar-refractivity contribution >= 4 is 11.7 Å². The highest BCUT2D eigenvalue weighted by Gasteiger charge is 2.21. The average Bonchev–Trinajstić information content (AvgIpc) is 2.68. The third kappa shape index (κ3) is 4.19. The number of aromatic hydroxyl groups is 2. The van der Waals surface area contributed by atoms with Crippen LogP contribution in [-0.4, -0.2) is 71.5 Å². The average molecular weight is 332 g/mol. The molecular weight excluding hydrogens is 304 g/mol. The number of para-hydroxylation sites is 1. The molecule has 2 N–H and O–H groups in total. The van der Waals surface area contributed by atoms with Crippen LogP contribution in [0, 0.1) is 0 Å². The summed E-state index contributed by atoms with van der Waals surface area (Å²) in [6, 6.07) is 5.35. The maximum Gasteiger partial charge on any atom is 0.160 e. The minimum absolute atomic E-state index is 0.0359. The molecule has 1 aliphatic heterocycles. The van der Waals surface area contributed by atoms with Crippen LogP contribution in [0.5, 0.6) is 11.5 Å². The summed E-state index contributed by atoms with van der Waals surface area (Å²) in [6.45, 7) is 4.88. The molecule has 1 heterocycles. The van der Waals surface area contributed by atoms with E-state index in [1.807, 2.05) is 32.1 Å². The molecule has 0 saturated heterocycles. The van der Waals surface area contributed by atoms with Gasteiger partial charge >= 0.3 is 0 Å². The molecule has 1 aliphatic rings. The van der Waals surface area contributed by atoms with Gasteiger partial charge in [0.05, 0.1) is 18.5 Å². The Kier molecular flexibility index (Phi) is 5.70. The molecule has 132 valence electrons. The third-order valence-electron chi connectivity index (χ3n) is 4.49. The lowest BCUT2D eigenvalue weighted by Gasteiger charge is -2.23. The van der Waals surface area contributed by atoms with Crippen molar-refractivity contribution in [2.24, 2.45) is 9.98 Å². The highest BCUT2D eigenvalue weighted by atomic mass is 16.3. The SMILES string of the molecule is CC1N=C(N(C)C)CC(N(C)CCc2cccc(O)c2O)=NC1C. The van der Waals surface area contributed by atoms with Gasteiger partial charge < -0.3 is 20.0 Å². The molecule has 0 aromatic heterocycles. The smallest absolute Gasteiger partial charge is 0.160 e. The topological polar surface area (TPSA) is 71.7 Å². The molecule has 24 heavy (non-hydrogen) atoms. The zero-order valence-corrected chi connectivity index (χ0v) is 15.2. The number of phenols is 2. The summed E-state index contributed by atoms with van der Waals surface area (Å²) in [7, 11) is 6.02. The van der Waals surface area contributed by atoms with Gasteiger partial charge in [-0.25, -0.2) is 0 Å². The van der Waals surface area contributed by atoms with Crippen molar-refractivity contribution in [3.05, 3.63) is 23.8 Å². The highest BCUT2D eigenvalue weighted by molar-refractivity contribution is 6.02. The van der Waals surface area contributed by atoms with Gasteiger partial charge in [-0.05, 0) is 31.9 Å². The van der Waals surface area contributed by atoms with Crippen LogP contribution in [-0.2, 0) is 6.42 Å². The molecule has 1 aromatic carbocycles. The summed E-state index contributed by atoms with van der Waals surface area (Å²) in [5.41, 5.74) is 0.735. The van der Waals surface area contributed by atoms with Crippen molar-refractivity contribution in [1.82, 2.24) is 9.80 Å². The van der Waals surface area contributed by atoms with Crippen LogP contribution >= 0.6 is 0 Å². The van der Waals surface area contributed by atoms with Gasteiger partial charge in [-0.2, -0.15) is 0 Å². The number of amidine groups is 2. The Morgan fingerprint density at radius 3 is 2.29 bits per heavy atom. The first kappa shape index (κ1) is 18.1. The summed E-state index contributed by atoms with van der Waals surface area (Å²) in [5, 5.41) is 19.5. The minimum Gasteiger partial charge on any atom is -0.504 e. The number of nitrogens with zero attached hydrogens (tertiary/aromatic N) is 4. The van der Waals surface area contributed by atoms with E-state index in [1.54, 1.807) is 6.07 Å². The van der Waals surface area contributed by atoms with E-state index in [2.05, 4.69) is 18.7 Å². The quantitative estimate of drug-likeness (QED) is 0.832. The van der Waals surface area contributed by atoms with Crippen LogP contribution in [0.15, 0.2) is 28.2 Å². The second-order valence-corrected chi connectivity index (χ2v) is 6.60. The van der Waals surface area contributed by atoms with Gasteiger partial charge in [0.1, 0.15) is 11.7 Å². The molecule has 0 fully saturated rings. The fourth-order valence-corrected chi connectivity index (χ4v) is 2.62. The zero-order valence-electron chi connectivity index (χ0n) is 15.2. The van der Waals surface area contributed by atoms with Crippen LogP contribution in [0.2, 0.25) is 0 Å². The Morgan fingerprint density at radius 1 is 1.04 bits per heavy atom. The maximum absolute atomic E-state index is 9.93. The molecule has 0 saturated carbocycles. The van der Waals surface area contributed by atoms with Crippen LogP contribution < -0.4 is 0 Å². The zero-order chi connectivity index (χ0) is 17.9. The summed E-state index contributed by atoms with van der Waals surface area (Å²) < 4.78 is 0. The van der Waals surface area contributed by atoms with Crippen LogP contribution in [0.1, 0.15) is 25.8 Å². The molecular formula is C18H28N4O2. The molecule has 6 heteroatoms. The number of likely N-dealkylation sites (N-methyl/N-ethyl adjacent to an activating group) is 1. The fraction of sp³-hybridized carbons (Fsp3) is 0.556. The summed E-state index contributed by atoms with van der Waals surface area (Å²) in [6.07, 6.45) is 1.33. The predicted octanol–water partition coefficient (Wildman–Crippen LogP) is 2.11. The van der Waals surface area contributed by atoms with Crippen molar-refractivity contribution < 1.29 is 10.2 Å². The molecule has 0 spiro atoms. The molecule has 2 rings (SSSR count). The van der Waals surface area contributed by atoms with Crippen molar-refractivity contribution in [2.45, 2.75) is 38.8 Å². The third-order valence-corrected chi connectivity index (χ3v) is 4.49. The first-order valence-corrected chi connectivity index (χ1v) is 8.31. The Morgan fingerprint density at radius 2 is 1.67 bits per heavy atom. The van der Waals surface area contributed by atoms with E-state index < -0.39 is 0 Å². The monoisotopic (exact) mass is 332 g/mol. The van der Waals surface area contributed by atoms with Crippen LogP contribution in [0.4, 0.5) is 0 Å². The predicted molar refractivity (Wildman–Crippen MR) is 98.2 cm³/mol. The van der Waals surface area contributed by atoms with E-state index in [1.165, 1.54) is 6.07 Å². The van der Waals surface area contributed by atoms with Crippen molar-refractivity contribution in [1.29, 1.82) is 0 Å².